The molecule has 0 fully saturated rings. The van der Waals surface area contributed by atoms with E-state index in [4.69, 9.17) is 4.74 Å². The summed E-state index contributed by atoms with van der Waals surface area (Å²) >= 11 is 0. The zero-order valence-corrected chi connectivity index (χ0v) is 13.3. The van der Waals surface area contributed by atoms with Crippen LogP contribution in [-0.4, -0.2) is 12.6 Å². The van der Waals surface area contributed by atoms with Crippen molar-refractivity contribution in [1.82, 2.24) is 0 Å². The molecule has 0 amide bonds. The minimum atomic E-state index is -0.324. The van der Waals surface area contributed by atoms with E-state index in [9.17, 15) is 4.79 Å². The second-order valence-electron chi connectivity index (χ2n) is 3.95. The number of carbonyl (C=O) groups is 1. The molecule has 0 saturated carbocycles. The summed E-state index contributed by atoms with van der Waals surface area (Å²) in [5.74, 6) is -0.324. The van der Waals surface area contributed by atoms with Crippen molar-refractivity contribution in [2.75, 3.05) is 6.61 Å². The molecule has 0 rings (SSSR count). The number of hydrogen-bond donors (Lipinski definition) is 0. The van der Waals surface area contributed by atoms with Gasteiger partial charge in [0.2, 0.25) is 0 Å². The van der Waals surface area contributed by atoms with Gasteiger partial charge in [-0.25, -0.2) is 4.79 Å². The molecule has 0 atom stereocenters. The highest BCUT2D eigenvalue weighted by Gasteiger charge is 1.89. The molecule has 0 unspecified atom stereocenters. The monoisotopic (exact) mass is 296 g/mol. The molecule has 0 saturated heterocycles. The van der Waals surface area contributed by atoms with Gasteiger partial charge in [-0.05, 0) is 13.8 Å². The van der Waals surface area contributed by atoms with Gasteiger partial charge < -0.3 is 4.74 Å². The highest BCUT2D eigenvalue weighted by atomic mass is 16.5. The van der Waals surface area contributed by atoms with Crippen LogP contribution in [-0.2, 0) is 9.53 Å². The summed E-state index contributed by atoms with van der Waals surface area (Å²) in [6.45, 7) is 4.16. The van der Waals surface area contributed by atoms with Crippen LogP contribution in [0.2, 0.25) is 0 Å². The Morgan fingerprint density at radius 1 is 0.682 bits per heavy atom. The lowest BCUT2D eigenvalue weighted by Gasteiger charge is -1.92. The van der Waals surface area contributed by atoms with Gasteiger partial charge in [0.15, 0.2) is 0 Å². The largest absolute Gasteiger partial charge is 0.463 e. The Labute approximate surface area is 133 Å². The van der Waals surface area contributed by atoms with Crippen LogP contribution < -0.4 is 0 Å². The van der Waals surface area contributed by atoms with Crippen molar-refractivity contribution in [3.63, 3.8) is 0 Å². The molecule has 0 aliphatic heterocycles. The van der Waals surface area contributed by atoms with E-state index in [1.807, 2.05) is 85.9 Å². The summed E-state index contributed by atoms with van der Waals surface area (Å²) in [7, 11) is 0. The number of carbonyl (C=O) groups excluding carboxylic acids is 1. The molecule has 0 aliphatic carbocycles. The van der Waals surface area contributed by atoms with E-state index < -0.39 is 0 Å². The molecule has 0 radical (unpaired) electrons. The highest BCUT2D eigenvalue weighted by Crippen LogP contribution is 1.87. The highest BCUT2D eigenvalue weighted by molar-refractivity contribution is 5.82. The standard InChI is InChI=1S/C20H24O2/c1-3-5-6-7-8-9-10-11-12-13-14-15-16-17-18-19-20(21)22-4-2/h3,5-19H,4H2,1-2H3. The van der Waals surface area contributed by atoms with Crippen molar-refractivity contribution in [1.29, 1.82) is 0 Å². The van der Waals surface area contributed by atoms with E-state index >= 15 is 0 Å². The van der Waals surface area contributed by atoms with E-state index in [0.717, 1.165) is 0 Å². The molecule has 2 heteroatoms. The zero-order valence-electron chi connectivity index (χ0n) is 13.3. The first-order chi connectivity index (χ1) is 10.8. The normalized spacial score (nSPS) is 13.7. The van der Waals surface area contributed by atoms with Gasteiger partial charge in [-0.15, -0.1) is 0 Å². The third-order valence-electron chi connectivity index (χ3n) is 2.16. The van der Waals surface area contributed by atoms with Crippen molar-refractivity contribution in [3.05, 3.63) is 97.2 Å². The summed E-state index contributed by atoms with van der Waals surface area (Å²) in [4.78, 5) is 11.0. The minimum Gasteiger partial charge on any atom is -0.463 e. The summed E-state index contributed by atoms with van der Waals surface area (Å²) in [6, 6.07) is 0. The molecule has 0 N–H and O–H groups in total. The van der Waals surface area contributed by atoms with Gasteiger partial charge in [0.1, 0.15) is 0 Å². The van der Waals surface area contributed by atoms with Crippen LogP contribution in [0.4, 0.5) is 0 Å². The van der Waals surface area contributed by atoms with E-state index in [1.54, 1.807) is 19.1 Å². The lowest BCUT2D eigenvalue weighted by Crippen LogP contribution is -1.98. The van der Waals surface area contributed by atoms with Crippen LogP contribution in [0.5, 0.6) is 0 Å². The number of esters is 1. The molecule has 0 spiro atoms. The molecule has 0 aromatic carbocycles. The van der Waals surface area contributed by atoms with Crippen LogP contribution in [0.15, 0.2) is 97.2 Å². The van der Waals surface area contributed by atoms with E-state index in [0.29, 0.717) is 6.61 Å². The molecule has 2 nitrogen and oxygen atoms in total. The van der Waals surface area contributed by atoms with Crippen LogP contribution in [0.1, 0.15) is 13.8 Å². The lowest BCUT2D eigenvalue weighted by atomic mass is 10.3. The number of ether oxygens (including phenoxy) is 1. The maximum Gasteiger partial charge on any atom is 0.330 e. The predicted molar refractivity (Wildman–Crippen MR) is 95.4 cm³/mol. The maximum atomic E-state index is 11.0. The quantitative estimate of drug-likeness (QED) is 0.339. The Bertz CT molecular complexity index is 510. The second kappa shape index (κ2) is 16.4. The molecular weight excluding hydrogens is 272 g/mol. The molecular formula is C20H24O2. The number of rotatable bonds is 9. The van der Waals surface area contributed by atoms with Crippen LogP contribution in [0.25, 0.3) is 0 Å². The van der Waals surface area contributed by atoms with Gasteiger partial charge in [0.25, 0.3) is 0 Å². The van der Waals surface area contributed by atoms with Crippen LogP contribution >= 0.6 is 0 Å². The Kier molecular flexibility index (Phi) is 14.5. The van der Waals surface area contributed by atoms with E-state index in [-0.39, 0.29) is 5.97 Å². The Hall–Kier alpha value is -2.61. The summed E-state index contributed by atoms with van der Waals surface area (Å²) < 4.78 is 4.75. The molecule has 0 bridgehead atoms. The fourth-order valence-electron chi connectivity index (χ4n) is 1.21. The van der Waals surface area contributed by atoms with Gasteiger partial charge in [-0.2, -0.15) is 0 Å². The van der Waals surface area contributed by atoms with E-state index in [1.165, 1.54) is 6.08 Å². The minimum absolute atomic E-state index is 0.324. The average Bonchev–Trinajstić information content (AvgIpc) is 2.51. The topological polar surface area (TPSA) is 26.3 Å². The fraction of sp³-hybridized carbons (Fsp3) is 0.150. The van der Waals surface area contributed by atoms with Gasteiger partial charge >= 0.3 is 5.97 Å². The van der Waals surface area contributed by atoms with Gasteiger partial charge in [-0.1, -0.05) is 91.1 Å². The fourth-order valence-corrected chi connectivity index (χ4v) is 1.21. The van der Waals surface area contributed by atoms with Crippen molar-refractivity contribution >= 4 is 5.97 Å². The van der Waals surface area contributed by atoms with Crippen molar-refractivity contribution < 1.29 is 9.53 Å². The first-order valence-corrected chi connectivity index (χ1v) is 7.27. The van der Waals surface area contributed by atoms with Crippen LogP contribution in [0, 0.1) is 0 Å². The molecule has 0 aromatic heterocycles. The average molecular weight is 296 g/mol. The van der Waals surface area contributed by atoms with E-state index in [2.05, 4.69) is 0 Å². The smallest absolute Gasteiger partial charge is 0.330 e. The zero-order chi connectivity index (χ0) is 16.3. The SMILES string of the molecule is CC=CC=CC=CC=CC=CC=CC=CC=CC(=O)OCC. The molecule has 116 valence electrons. The van der Waals surface area contributed by atoms with Crippen molar-refractivity contribution in [2.24, 2.45) is 0 Å². The summed E-state index contributed by atoms with van der Waals surface area (Å²) in [6.07, 6.45) is 30.1. The molecule has 0 aliphatic rings. The lowest BCUT2D eigenvalue weighted by molar-refractivity contribution is -0.137. The third kappa shape index (κ3) is 15.4. The Morgan fingerprint density at radius 2 is 1.05 bits per heavy atom. The van der Waals surface area contributed by atoms with Crippen molar-refractivity contribution in [2.45, 2.75) is 13.8 Å². The number of allylic oxidation sites excluding steroid dienone is 15. The summed E-state index contributed by atoms with van der Waals surface area (Å²) in [5.41, 5.74) is 0. The number of hydrogen-bond acceptors (Lipinski definition) is 2. The van der Waals surface area contributed by atoms with Crippen LogP contribution in [0.3, 0.4) is 0 Å². The molecule has 22 heavy (non-hydrogen) atoms. The maximum absolute atomic E-state index is 11.0. The van der Waals surface area contributed by atoms with Gasteiger partial charge in [-0.3, -0.25) is 0 Å². The molecule has 0 aromatic rings. The third-order valence-corrected chi connectivity index (χ3v) is 2.16. The van der Waals surface area contributed by atoms with Crippen molar-refractivity contribution in [3.8, 4) is 0 Å². The summed E-state index contributed by atoms with van der Waals surface area (Å²) in [5, 5.41) is 0. The first kappa shape index (κ1) is 19.4. The predicted octanol–water partition coefficient (Wildman–Crippen LogP) is 5.02. The molecule has 0 heterocycles. The van der Waals surface area contributed by atoms with Gasteiger partial charge in [0.05, 0.1) is 6.61 Å². The Balaban J connectivity index is 3.90. The Morgan fingerprint density at radius 3 is 1.41 bits per heavy atom. The first-order valence-electron chi connectivity index (χ1n) is 7.27. The van der Waals surface area contributed by atoms with Gasteiger partial charge in [0, 0.05) is 6.08 Å². The second-order valence-corrected chi connectivity index (χ2v) is 3.95.